The first-order valence-corrected chi connectivity index (χ1v) is 6.92. The van der Waals surface area contributed by atoms with E-state index in [0.29, 0.717) is 5.75 Å². The number of phenols is 1. The maximum absolute atomic E-state index is 11.4. The van der Waals surface area contributed by atoms with Crippen molar-refractivity contribution in [1.82, 2.24) is 4.98 Å². The third-order valence-electron chi connectivity index (χ3n) is 3.87. The minimum atomic E-state index is -0.0372. The fourth-order valence-corrected chi connectivity index (χ4v) is 2.80. The van der Waals surface area contributed by atoms with Crippen LogP contribution in [0.5, 0.6) is 5.75 Å². The van der Waals surface area contributed by atoms with E-state index >= 15 is 0 Å². The van der Waals surface area contributed by atoms with Gasteiger partial charge in [-0.1, -0.05) is 0 Å². The Kier molecular flexibility index (Phi) is 3.22. The van der Waals surface area contributed by atoms with E-state index in [9.17, 15) is 9.90 Å². The number of aryl methyl sites for hydroxylation is 2. The van der Waals surface area contributed by atoms with Gasteiger partial charge in [0.2, 0.25) is 5.56 Å². The molecule has 1 aromatic carbocycles. The van der Waals surface area contributed by atoms with Crippen LogP contribution < -0.4 is 10.9 Å². The van der Waals surface area contributed by atoms with Gasteiger partial charge in [0.05, 0.1) is 6.04 Å². The zero-order valence-electron chi connectivity index (χ0n) is 11.4. The van der Waals surface area contributed by atoms with Gasteiger partial charge in [-0.05, 0) is 61.6 Å². The highest BCUT2D eigenvalue weighted by molar-refractivity contribution is 5.52. The number of fused-ring (bicyclic) bond motifs is 1. The van der Waals surface area contributed by atoms with Crippen molar-refractivity contribution in [2.24, 2.45) is 0 Å². The Morgan fingerprint density at radius 3 is 2.95 bits per heavy atom. The van der Waals surface area contributed by atoms with Gasteiger partial charge in [0, 0.05) is 17.4 Å². The van der Waals surface area contributed by atoms with Gasteiger partial charge < -0.3 is 15.4 Å². The van der Waals surface area contributed by atoms with Gasteiger partial charge in [-0.3, -0.25) is 4.79 Å². The van der Waals surface area contributed by atoms with E-state index in [1.165, 1.54) is 5.56 Å². The van der Waals surface area contributed by atoms with E-state index in [1.807, 2.05) is 25.1 Å². The molecule has 0 spiro atoms. The first-order valence-electron chi connectivity index (χ1n) is 6.92. The highest BCUT2D eigenvalue weighted by Gasteiger charge is 2.20. The number of phenolic OH excluding ortho intramolecular Hbond substituents is 1. The average Bonchev–Trinajstić information content (AvgIpc) is 2.43. The molecule has 3 N–H and O–H groups in total. The van der Waals surface area contributed by atoms with E-state index in [0.717, 1.165) is 36.2 Å². The third-order valence-corrected chi connectivity index (χ3v) is 3.87. The minimum absolute atomic E-state index is 0.0372. The highest BCUT2D eigenvalue weighted by Crippen LogP contribution is 2.31. The molecule has 0 amide bonds. The number of aromatic hydroxyl groups is 1. The van der Waals surface area contributed by atoms with Crippen molar-refractivity contribution in [3.63, 3.8) is 0 Å². The molecule has 0 saturated heterocycles. The first-order chi connectivity index (χ1) is 9.63. The predicted molar refractivity (Wildman–Crippen MR) is 79.2 cm³/mol. The van der Waals surface area contributed by atoms with Crippen LogP contribution in [0, 0.1) is 6.92 Å². The second-order valence-electron chi connectivity index (χ2n) is 5.35. The zero-order valence-corrected chi connectivity index (χ0v) is 11.4. The van der Waals surface area contributed by atoms with Crippen LogP contribution in [0.4, 0.5) is 5.69 Å². The lowest BCUT2D eigenvalue weighted by atomic mass is 9.91. The Labute approximate surface area is 117 Å². The van der Waals surface area contributed by atoms with E-state index in [4.69, 9.17) is 0 Å². The summed E-state index contributed by atoms with van der Waals surface area (Å²) in [5.41, 5.74) is 4.01. The lowest BCUT2D eigenvalue weighted by Crippen LogP contribution is -2.21. The van der Waals surface area contributed by atoms with Crippen molar-refractivity contribution in [1.29, 1.82) is 0 Å². The van der Waals surface area contributed by atoms with E-state index < -0.39 is 0 Å². The van der Waals surface area contributed by atoms with Crippen LogP contribution in [-0.4, -0.2) is 10.1 Å². The van der Waals surface area contributed by atoms with Gasteiger partial charge in [0.25, 0.3) is 0 Å². The van der Waals surface area contributed by atoms with Crippen LogP contribution in [0.1, 0.15) is 35.7 Å². The van der Waals surface area contributed by atoms with Crippen molar-refractivity contribution in [3.05, 3.63) is 57.5 Å². The molecule has 2 aromatic rings. The number of aromatic nitrogens is 1. The lowest BCUT2D eigenvalue weighted by Gasteiger charge is -2.27. The Balaban J connectivity index is 1.89. The smallest absolute Gasteiger partial charge is 0.248 e. The summed E-state index contributed by atoms with van der Waals surface area (Å²) >= 11 is 0. The molecule has 1 heterocycles. The van der Waals surface area contributed by atoms with Crippen LogP contribution in [-0.2, 0) is 6.42 Å². The fraction of sp³-hybridized carbons (Fsp3) is 0.312. The predicted octanol–water partition coefficient (Wildman–Crippen LogP) is 2.88. The summed E-state index contributed by atoms with van der Waals surface area (Å²) in [4.78, 5) is 14.3. The molecule has 4 nitrogen and oxygen atoms in total. The molecule has 104 valence electrons. The van der Waals surface area contributed by atoms with Gasteiger partial charge in [-0.15, -0.1) is 0 Å². The molecular weight excluding hydrogens is 252 g/mol. The quantitative estimate of drug-likeness (QED) is 0.735. The number of nitrogens with one attached hydrogen (secondary N) is 2. The molecule has 1 aliphatic carbocycles. The molecule has 1 atom stereocenters. The molecule has 3 rings (SSSR count). The molecule has 1 aliphatic rings. The number of hydrogen-bond acceptors (Lipinski definition) is 3. The van der Waals surface area contributed by atoms with Crippen LogP contribution in [0.3, 0.4) is 0 Å². The molecule has 20 heavy (non-hydrogen) atoms. The van der Waals surface area contributed by atoms with Crippen LogP contribution in [0.2, 0.25) is 0 Å². The molecule has 0 saturated carbocycles. The Hall–Kier alpha value is -2.23. The Morgan fingerprint density at radius 2 is 2.15 bits per heavy atom. The minimum Gasteiger partial charge on any atom is -0.508 e. The van der Waals surface area contributed by atoms with E-state index in [2.05, 4.69) is 10.3 Å². The maximum Gasteiger partial charge on any atom is 0.248 e. The number of pyridine rings is 1. The number of rotatable bonds is 2. The van der Waals surface area contributed by atoms with Crippen molar-refractivity contribution < 1.29 is 5.11 Å². The second kappa shape index (κ2) is 5.04. The molecule has 4 heteroatoms. The van der Waals surface area contributed by atoms with Crippen molar-refractivity contribution in [3.8, 4) is 5.75 Å². The van der Waals surface area contributed by atoms with Gasteiger partial charge in [0.1, 0.15) is 5.75 Å². The van der Waals surface area contributed by atoms with Crippen LogP contribution in [0.25, 0.3) is 0 Å². The zero-order chi connectivity index (χ0) is 14.1. The number of benzene rings is 1. The summed E-state index contributed by atoms with van der Waals surface area (Å²) < 4.78 is 0. The summed E-state index contributed by atoms with van der Waals surface area (Å²) in [6.45, 7) is 1.88. The lowest BCUT2D eigenvalue weighted by molar-refractivity contribution is 0.471. The molecule has 0 radical (unpaired) electrons. The Morgan fingerprint density at radius 1 is 1.30 bits per heavy atom. The maximum atomic E-state index is 11.4. The Bertz CT molecular complexity index is 691. The normalized spacial score (nSPS) is 17.6. The van der Waals surface area contributed by atoms with Crippen molar-refractivity contribution in [2.75, 3.05) is 5.32 Å². The first kappa shape index (κ1) is 12.8. The molecule has 1 unspecified atom stereocenters. The summed E-state index contributed by atoms with van der Waals surface area (Å²) in [5, 5.41) is 13.1. The van der Waals surface area contributed by atoms with Gasteiger partial charge >= 0.3 is 0 Å². The average molecular weight is 270 g/mol. The highest BCUT2D eigenvalue weighted by atomic mass is 16.3. The third kappa shape index (κ3) is 2.41. The fourth-order valence-electron chi connectivity index (χ4n) is 2.80. The summed E-state index contributed by atoms with van der Waals surface area (Å²) in [5.74, 6) is 0.309. The largest absolute Gasteiger partial charge is 0.508 e. The van der Waals surface area contributed by atoms with Gasteiger partial charge in [-0.25, -0.2) is 0 Å². The van der Waals surface area contributed by atoms with Crippen molar-refractivity contribution in [2.45, 2.75) is 32.2 Å². The topological polar surface area (TPSA) is 65.1 Å². The van der Waals surface area contributed by atoms with Crippen LogP contribution in [0.15, 0.2) is 35.1 Å². The van der Waals surface area contributed by atoms with Gasteiger partial charge in [-0.2, -0.15) is 0 Å². The number of hydrogen-bond donors (Lipinski definition) is 3. The summed E-state index contributed by atoms with van der Waals surface area (Å²) in [6.07, 6.45) is 3.03. The van der Waals surface area contributed by atoms with E-state index in [-0.39, 0.29) is 11.6 Å². The summed E-state index contributed by atoms with van der Waals surface area (Å²) in [6, 6.07) is 9.23. The molecule has 0 aliphatic heterocycles. The number of H-pyrrole nitrogens is 1. The molecule has 1 aromatic heterocycles. The summed E-state index contributed by atoms with van der Waals surface area (Å²) in [7, 11) is 0. The second-order valence-corrected chi connectivity index (χ2v) is 5.35. The molecule has 0 fully saturated rings. The van der Waals surface area contributed by atoms with E-state index in [1.54, 1.807) is 12.1 Å². The monoisotopic (exact) mass is 270 g/mol. The number of aromatic amines is 1. The molecule has 0 bridgehead atoms. The van der Waals surface area contributed by atoms with Crippen LogP contribution >= 0.6 is 0 Å². The molecular formula is C16H18N2O2. The number of anilines is 1. The van der Waals surface area contributed by atoms with Gasteiger partial charge in [0.15, 0.2) is 0 Å². The van der Waals surface area contributed by atoms with Crippen molar-refractivity contribution >= 4 is 5.69 Å². The standard InChI is InChI=1S/C16H18N2O2/c1-10-9-11(5-7-15(10)19)17-13-3-2-4-14-12(13)6-8-16(20)18-14/h5-9,13,17,19H,2-4H2,1H3,(H,18,20). The SMILES string of the molecule is Cc1cc(NC2CCCc3[nH]c(=O)ccc32)ccc1O.